The first-order chi connectivity index (χ1) is 17.2. The van der Waals surface area contributed by atoms with Crippen molar-refractivity contribution in [3.63, 3.8) is 0 Å². The summed E-state index contributed by atoms with van der Waals surface area (Å²) in [6.45, 7) is 3.60. The zero-order valence-electron chi connectivity index (χ0n) is 20.4. The van der Waals surface area contributed by atoms with Crippen molar-refractivity contribution in [2.45, 2.75) is 51.1 Å². The van der Waals surface area contributed by atoms with Crippen LogP contribution in [0.1, 0.15) is 56.1 Å². The van der Waals surface area contributed by atoms with E-state index in [0.29, 0.717) is 25.9 Å². The molecule has 1 aliphatic heterocycles. The van der Waals surface area contributed by atoms with Crippen molar-refractivity contribution < 1.29 is 22.0 Å². The molecule has 7 heteroatoms. The molecule has 0 N–H and O–H groups in total. The summed E-state index contributed by atoms with van der Waals surface area (Å²) < 4.78 is 66.5. The average molecular weight is 503 g/mol. The summed E-state index contributed by atoms with van der Waals surface area (Å²) in [7, 11) is 0. The standard InChI is InChI=1S/C29H31F5N2/c1-2-4-24(29(32,33)34)14-15-28(21-35)16-19-36(20-17-28)18-3-5-27(22-6-10-25(30)11-7-22)23-8-12-26(31)13-9-23/h2,4,6-14,27H,3,5,15-20H2,1H3. The van der Waals surface area contributed by atoms with Crippen LogP contribution < -0.4 is 0 Å². The Kier molecular flexibility index (Phi) is 9.44. The highest BCUT2D eigenvalue weighted by Gasteiger charge is 2.36. The molecule has 0 saturated carbocycles. The number of alkyl halides is 3. The van der Waals surface area contributed by atoms with Gasteiger partial charge in [-0.1, -0.05) is 42.5 Å². The van der Waals surface area contributed by atoms with Gasteiger partial charge in [-0.15, -0.1) is 0 Å². The second-order valence-electron chi connectivity index (χ2n) is 9.39. The summed E-state index contributed by atoms with van der Waals surface area (Å²) in [5, 5.41) is 9.76. The van der Waals surface area contributed by atoms with E-state index in [9.17, 15) is 27.2 Å². The maximum absolute atomic E-state index is 13.4. The smallest absolute Gasteiger partial charge is 0.303 e. The van der Waals surface area contributed by atoms with Gasteiger partial charge in [0, 0.05) is 5.92 Å². The molecule has 0 radical (unpaired) electrons. The molecular formula is C29H31F5N2. The zero-order valence-corrected chi connectivity index (χ0v) is 20.4. The fourth-order valence-electron chi connectivity index (χ4n) is 4.76. The quantitative estimate of drug-likeness (QED) is 0.257. The van der Waals surface area contributed by atoms with Gasteiger partial charge >= 0.3 is 6.18 Å². The summed E-state index contributed by atoms with van der Waals surface area (Å²) in [5.74, 6) is -0.630. The first-order valence-electron chi connectivity index (χ1n) is 12.2. The lowest BCUT2D eigenvalue weighted by atomic mass is 9.76. The van der Waals surface area contributed by atoms with E-state index >= 15 is 0 Å². The predicted octanol–water partition coefficient (Wildman–Crippen LogP) is 7.94. The SMILES string of the molecule is CC=CC(=CCC1(C#N)CCN(CCCC(c2ccc(F)cc2)c2ccc(F)cc2)CC1)C(F)(F)F. The minimum absolute atomic E-state index is 0.00765. The van der Waals surface area contributed by atoms with Crippen LogP contribution in [0.25, 0.3) is 0 Å². The van der Waals surface area contributed by atoms with E-state index < -0.39 is 17.2 Å². The number of halogens is 5. The molecule has 0 bridgehead atoms. The van der Waals surface area contributed by atoms with E-state index in [1.807, 2.05) is 0 Å². The largest absolute Gasteiger partial charge is 0.416 e. The Hall–Kier alpha value is -2.98. The molecule has 3 rings (SSSR count). The summed E-state index contributed by atoms with van der Waals surface area (Å²) in [4.78, 5) is 2.24. The summed E-state index contributed by atoms with van der Waals surface area (Å²) in [5.41, 5.74) is 0.408. The molecule has 2 nitrogen and oxygen atoms in total. The Morgan fingerprint density at radius 2 is 1.53 bits per heavy atom. The van der Waals surface area contributed by atoms with Gasteiger partial charge in [0.15, 0.2) is 0 Å². The van der Waals surface area contributed by atoms with Gasteiger partial charge in [-0.2, -0.15) is 18.4 Å². The molecule has 0 aromatic heterocycles. The number of likely N-dealkylation sites (tertiary alicyclic amines) is 1. The third-order valence-corrected chi connectivity index (χ3v) is 6.95. The highest BCUT2D eigenvalue weighted by Crippen LogP contribution is 2.37. The van der Waals surface area contributed by atoms with Gasteiger partial charge in [0.2, 0.25) is 0 Å². The van der Waals surface area contributed by atoms with Gasteiger partial charge < -0.3 is 4.90 Å². The monoisotopic (exact) mass is 502 g/mol. The van der Waals surface area contributed by atoms with Crippen molar-refractivity contribution in [2.75, 3.05) is 19.6 Å². The Bertz CT molecular complexity index is 1030. The van der Waals surface area contributed by atoms with Gasteiger partial charge in [0.05, 0.1) is 17.1 Å². The minimum Gasteiger partial charge on any atom is -0.303 e. The Morgan fingerprint density at radius 3 is 1.97 bits per heavy atom. The topological polar surface area (TPSA) is 27.0 Å². The van der Waals surface area contributed by atoms with Gasteiger partial charge in [0.1, 0.15) is 11.6 Å². The number of nitriles is 1. The van der Waals surface area contributed by atoms with Crippen molar-refractivity contribution in [3.05, 3.63) is 95.1 Å². The average Bonchev–Trinajstić information content (AvgIpc) is 2.86. The van der Waals surface area contributed by atoms with Gasteiger partial charge in [-0.25, -0.2) is 8.78 Å². The summed E-state index contributed by atoms with van der Waals surface area (Å²) in [6, 6.07) is 15.0. The minimum atomic E-state index is -4.44. The molecule has 0 aliphatic carbocycles. The highest BCUT2D eigenvalue weighted by atomic mass is 19.4. The zero-order chi connectivity index (χ0) is 26.2. The molecular weight excluding hydrogens is 471 g/mol. The second kappa shape index (κ2) is 12.3. The fourth-order valence-corrected chi connectivity index (χ4v) is 4.76. The molecule has 1 saturated heterocycles. The number of hydrogen-bond acceptors (Lipinski definition) is 2. The number of allylic oxidation sites excluding steroid dienone is 4. The van der Waals surface area contributed by atoms with Crippen molar-refractivity contribution in [3.8, 4) is 6.07 Å². The molecule has 2 aromatic carbocycles. The van der Waals surface area contributed by atoms with Crippen LogP contribution in [0.3, 0.4) is 0 Å². The van der Waals surface area contributed by atoms with Crippen LogP contribution >= 0.6 is 0 Å². The molecule has 0 amide bonds. The molecule has 2 aromatic rings. The Morgan fingerprint density at radius 1 is 1.00 bits per heavy atom. The lowest BCUT2D eigenvalue weighted by molar-refractivity contribution is -0.0886. The first-order valence-corrected chi connectivity index (χ1v) is 12.2. The second-order valence-corrected chi connectivity index (χ2v) is 9.39. The fraction of sp³-hybridized carbons (Fsp3) is 0.414. The molecule has 1 heterocycles. The van der Waals surface area contributed by atoms with Crippen LogP contribution in [-0.4, -0.2) is 30.7 Å². The predicted molar refractivity (Wildman–Crippen MR) is 131 cm³/mol. The van der Waals surface area contributed by atoms with Crippen LogP contribution in [0.5, 0.6) is 0 Å². The van der Waals surface area contributed by atoms with E-state index in [0.717, 1.165) is 42.7 Å². The van der Waals surface area contributed by atoms with Crippen LogP contribution in [0.2, 0.25) is 0 Å². The Labute approximate surface area is 209 Å². The third-order valence-electron chi connectivity index (χ3n) is 6.95. The van der Waals surface area contributed by atoms with Gasteiger partial charge in [-0.05, 0) is 94.1 Å². The summed E-state index contributed by atoms with van der Waals surface area (Å²) >= 11 is 0. The molecule has 0 spiro atoms. The Balaban J connectivity index is 1.59. The van der Waals surface area contributed by atoms with Crippen molar-refractivity contribution in [1.82, 2.24) is 4.90 Å². The molecule has 0 unspecified atom stereocenters. The number of nitrogens with zero attached hydrogens (tertiary/aromatic N) is 2. The highest BCUT2D eigenvalue weighted by molar-refractivity contribution is 5.33. The van der Waals surface area contributed by atoms with E-state index in [2.05, 4.69) is 11.0 Å². The number of hydrogen-bond donors (Lipinski definition) is 0. The third kappa shape index (κ3) is 7.51. The van der Waals surface area contributed by atoms with E-state index in [1.54, 1.807) is 24.3 Å². The maximum Gasteiger partial charge on any atom is 0.416 e. The van der Waals surface area contributed by atoms with Gasteiger partial charge in [-0.3, -0.25) is 0 Å². The van der Waals surface area contributed by atoms with Crippen molar-refractivity contribution >= 4 is 0 Å². The van der Waals surface area contributed by atoms with E-state index in [1.165, 1.54) is 37.3 Å². The van der Waals surface area contributed by atoms with Crippen LogP contribution in [0.4, 0.5) is 22.0 Å². The molecule has 36 heavy (non-hydrogen) atoms. The normalized spacial score (nSPS) is 17.0. The number of rotatable bonds is 9. The van der Waals surface area contributed by atoms with Crippen LogP contribution in [0.15, 0.2) is 72.3 Å². The summed E-state index contributed by atoms with van der Waals surface area (Å²) in [6.07, 6.45) is 1.82. The molecule has 1 aliphatic rings. The lowest BCUT2D eigenvalue weighted by Crippen LogP contribution is -2.39. The van der Waals surface area contributed by atoms with Crippen LogP contribution in [0, 0.1) is 28.4 Å². The molecule has 0 atom stereocenters. The maximum atomic E-state index is 13.4. The number of piperidine rings is 1. The lowest BCUT2D eigenvalue weighted by Gasteiger charge is -2.37. The van der Waals surface area contributed by atoms with E-state index in [4.69, 9.17) is 0 Å². The first kappa shape index (κ1) is 27.6. The van der Waals surface area contributed by atoms with Crippen LogP contribution in [-0.2, 0) is 0 Å². The van der Waals surface area contributed by atoms with Crippen molar-refractivity contribution in [1.29, 1.82) is 5.26 Å². The number of benzene rings is 2. The molecule has 1 fully saturated rings. The van der Waals surface area contributed by atoms with Crippen molar-refractivity contribution in [2.24, 2.45) is 5.41 Å². The van der Waals surface area contributed by atoms with Gasteiger partial charge in [0.25, 0.3) is 0 Å². The van der Waals surface area contributed by atoms with E-state index in [-0.39, 0.29) is 24.0 Å². The molecule has 192 valence electrons.